The number of Topliss-reactive ketones (excluding diaryl/α,β-unsaturated/α-hetero) is 1. The van der Waals surface area contributed by atoms with E-state index in [-0.39, 0.29) is 29.0 Å². The molecule has 2 aromatic rings. The Morgan fingerprint density at radius 2 is 2.05 bits per heavy atom. The molecule has 1 aromatic heterocycles. The maximum atomic E-state index is 13.7. The molecule has 2 aliphatic heterocycles. The second-order valence-electron chi connectivity index (χ2n) is 10.8. The standard InChI is InChI=1S/C27H40N6O4S/c1-4-29-27(35)23-13-18(2)10-11-33(23)16-21(8-9-24(34)22-15-28-17-31-22)32-38(36,37)25-7-5-6-20-12-19(3)14-30-26(20)25/h5-7,15,17-19,21,23,30,32H,4,8-14,16H2,1-3H3,(H,28,31)(H,29,35)/t18?,19?,21?,23-/m1/s1. The number of sulfonamides is 1. The van der Waals surface area contributed by atoms with Gasteiger partial charge in [0.2, 0.25) is 15.9 Å². The summed E-state index contributed by atoms with van der Waals surface area (Å²) in [6.07, 6.45) is 5.82. The molecule has 0 radical (unpaired) electrons. The first-order valence-electron chi connectivity index (χ1n) is 13.6. The monoisotopic (exact) mass is 544 g/mol. The third-order valence-corrected chi connectivity index (χ3v) is 9.08. The summed E-state index contributed by atoms with van der Waals surface area (Å²) in [6, 6.07) is 4.47. The average Bonchev–Trinajstić information content (AvgIpc) is 3.43. The summed E-state index contributed by atoms with van der Waals surface area (Å²) in [6.45, 7) is 8.44. The zero-order valence-electron chi connectivity index (χ0n) is 22.5. The van der Waals surface area contributed by atoms with Gasteiger partial charge in [0, 0.05) is 32.1 Å². The number of hydrogen-bond donors (Lipinski definition) is 4. The number of amides is 1. The molecule has 0 saturated carbocycles. The van der Waals surface area contributed by atoms with Crippen LogP contribution >= 0.6 is 0 Å². The third kappa shape index (κ3) is 6.81. The number of likely N-dealkylation sites (tertiary alicyclic amines) is 1. The van der Waals surface area contributed by atoms with Crippen molar-refractivity contribution in [3.05, 3.63) is 42.0 Å². The first kappa shape index (κ1) is 28.3. The molecule has 4 atom stereocenters. The molecule has 1 saturated heterocycles. The number of fused-ring (bicyclic) bond motifs is 1. The molecule has 3 unspecified atom stereocenters. The van der Waals surface area contributed by atoms with Gasteiger partial charge in [0.15, 0.2) is 5.78 Å². The number of ketones is 1. The van der Waals surface area contributed by atoms with Crippen molar-refractivity contribution in [2.45, 2.75) is 69.9 Å². The fraction of sp³-hybridized carbons (Fsp3) is 0.593. The van der Waals surface area contributed by atoms with Gasteiger partial charge in [0.05, 0.1) is 24.3 Å². The second kappa shape index (κ2) is 12.4. The normalized spacial score (nSPS) is 22.8. The molecule has 10 nitrogen and oxygen atoms in total. The molecule has 1 aromatic carbocycles. The number of rotatable bonds is 11. The maximum absolute atomic E-state index is 13.7. The van der Waals surface area contributed by atoms with Gasteiger partial charge >= 0.3 is 0 Å². The van der Waals surface area contributed by atoms with Crippen LogP contribution in [0.4, 0.5) is 5.69 Å². The highest BCUT2D eigenvalue weighted by molar-refractivity contribution is 7.89. The number of nitrogens with one attached hydrogen (secondary N) is 4. The van der Waals surface area contributed by atoms with Gasteiger partial charge in [-0.1, -0.05) is 26.0 Å². The van der Waals surface area contributed by atoms with Crippen molar-refractivity contribution < 1.29 is 18.0 Å². The van der Waals surface area contributed by atoms with E-state index in [0.29, 0.717) is 62.2 Å². The maximum Gasteiger partial charge on any atom is 0.242 e. The van der Waals surface area contributed by atoms with E-state index in [0.717, 1.165) is 18.4 Å². The number of imidazole rings is 1. The quantitative estimate of drug-likeness (QED) is 0.319. The highest BCUT2D eigenvalue weighted by atomic mass is 32.2. The number of carbonyl (C=O) groups excluding carboxylic acids is 2. The number of anilines is 1. The van der Waals surface area contributed by atoms with Gasteiger partial charge in [-0.25, -0.2) is 18.1 Å². The number of piperidine rings is 1. The number of carbonyl (C=O) groups is 2. The van der Waals surface area contributed by atoms with E-state index in [2.05, 4.69) is 44.1 Å². The van der Waals surface area contributed by atoms with Gasteiger partial charge in [-0.15, -0.1) is 0 Å². The number of aromatic amines is 1. The van der Waals surface area contributed by atoms with Crippen molar-refractivity contribution in [3.8, 4) is 0 Å². The first-order chi connectivity index (χ1) is 18.2. The number of H-pyrrole nitrogens is 1. The Morgan fingerprint density at radius 1 is 1.24 bits per heavy atom. The van der Waals surface area contributed by atoms with E-state index in [4.69, 9.17) is 0 Å². The van der Waals surface area contributed by atoms with Crippen molar-refractivity contribution in [2.24, 2.45) is 11.8 Å². The number of para-hydroxylation sites is 1. The van der Waals surface area contributed by atoms with Crippen LogP contribution in [0, 0.1) is 11.8 Å². The first-order valence-corrected chi connectivity index (χ1v) is 15.1. The molecule has 1 amide bonds. The van der Waals surface area contributed by atoms with Crippen LogP contribution < -0.4 is 15.4 Å². The van der Waals surface area contributed by atoms with Crippen molar-refractivity contribution >= 4 is 27.4 Å². The fourth-order valence-electron chi connectivity index (χ4n) is 5.47. The van der Waals surface area contributed by atoms with Crippen LogP contribution in [0.2, 0.25) is 0 Å². The lowest BCUT2D eigenvalue weighted by molar-refractivity contribution is -0.128. The summed E-state index contributed by atoms with van der Waals surface area (Å²) in [5, 5.41) is 6.23. The largest absolute Gasteiger partial charge is 0.383 e. The number of likely N-dealkylation sites (N-methyl/N-ethyl adjacent to an activating group) is 1. The summed E-state index contributed by atoms with van der Waals surface area (Å²) in [5.41, 5.74) is 2.03. The Hall–Kier alpha value is -2.76. The molecular weight excluding hydrogens is 504 g/mol. The van der Waals surface area contributed by atoms with Crippen molar-refractivity contribution in [1.29, 1.82) is 0 Å². The SMILES string of the molecule is CCNC(=O)[C@H]1CC(C)CCN1CC(CCC(=O)c1cnc[nH]1)NS(=O)(=O)c1cccc2c1NCC(C)C2. The Balaban J connectivity index is 1.57. The lowest BCUT2D eigenvalue weighted by atomic mass is 9.91. The van der Waals surface area contributed by atoms with Gasteiger partial charge in [0.25, 0.3) is 0 Å². The average molecular weight is 545 g/mol. The smallest absolute Gasteiger partial charge is 0.242 e. The zero-order chi connectivity index (χ0) is 27.3. The molecule has 0 aliphatic carbocycles. The zero-order valence-corrected chi connectivity index (χ0v) is 23.3. The predicted octanol–water partition coefficient (Wildman–Crippen LogP) is 2.56. The number of benzene rings is 1. The Bertz CT molecular complexity index is 1220. The minimum Gasteiger partial charge on any atom is -0.383 e. The summed E-state index contributed by atoms with van der Waals surface area (Å²) >= 11 is 0. The van der Waals surface area contributed by atoms with E-state index in [9.17, 15) is 18.0 Å². The minimum atomic E-state index is -3.90. The van der Waals surface area contributed by atoms with Crippen LogP contribution in [-0.2, 0) is 21.2 Å². The van der Waals surface area contributed by atoms with E-state index in [1.165, 1.54) is 12.5 Å². The van der Waals surface area contributed by atoms with Gasteiger partial charge in [0.1, 0.15) is 10.6 Å². The van der Waals surface area contributed by atoms with Crippen molar-refractivity contribution in [1.82, 2.24) is 24.9 Å². The van der Waals surface area contributed by atoms with Gasteiger partial charge in [-0.2, -0.15) is 0 Å². The lowest BCUT2D eigenvalue weighted by Gasteiger charge is -2.39. The molecule has 11 heteroatoms. The molecule has 0 bridgehead atoms. The second-order valence-corrected chi connectivity index (χ2v) is 12.4. The Morgan fingerprint density at radius 3 is 2.79 bits per heavy atom. The molecule has 0 spiro atoms. The van der Waals surface area contributed by atoms with Crippen LogP contribution in [0.15, 0.2) is 35.6 Å². The van der Waals surface area contributed by atoms with Gasteiger partial charge in [-0.3, -0.25) is 14.5 Å². The number of aromatic nitrogens is 2. The number of nitrogens with zero attached hydrogens (tertiary/aromatic N) is 2. The minimum absolute atomic E-state index is 0.0374. The fourth-order valence-corrected chi connectivity index (χ4v) is 6.96. The molecule has 4 N–H and O–H groups in total. The van der Waals surface area contributed by atoms with Crippen LogP contribution in [0.1, 0.15) is 62.5 Å². The van der Waals surface area contributed by atoms with Crippen molar-refractivity contribution in [3.63, 3.8) is 0 Å². The van der Waals surface area contributed by atoms with E-state index < -0.39 is 16.1 Å². The van der Waals surface area contributed by atoms with Gasteiger partial charge < -0.3 is 15.6 Å². The van der Waals surface area contributed by atoms with E-state index >= 15 is 0 Å². The molecule has 38 heavy (non-hydrogen) atoms. The summed E-state index contributed by atoms with van der Waals surface area (Å²) in [5.74, 6) is 0.652. The molecule has 3 heterocycles. The van der Waals surface area contributed by atoms with Gasteiger partial charge in [-0.05, 0) is 62.6 Å². The topological polar surface area (TPSA) is 136 Å². The summed E-state index contributed by atoms with van der Waals surface area (Å²) in [7, 11) is -3.90. The molecule has 4 rings (SSSR count). The van der Waals surface area contributed by atoms with Crippen LogP contribution in [0.25, 0.3) is 0 Å². The molecule has 208 valence electrons. The van der Waals surface area contributed by atoms with Crippen molar-refractivity contribution in [2.75, 3.05) is 31.5 Å². The molecule has 2 aliphatic rings. The Kier molecular flexibility index (Phi) is 9.22. The molecular formula is C27H40N6O4S. The predicted molar refractivity (Wildman–Crippen MR) is 147 cm³/mol. The summed E-state index contributed by atoms with van der Waals surface area (Å²) < 4.78 is 30.4. The van der Waals surface area contributed by atoms with E-state index in [1.807, 2.05) is 13.0 Å². The highest BCUT2D eigenvalue weighted by Gasteiger charge is 2.34. The third-order valence-electron chi connectivity index (χ3n) is 7.52. The summed E-state index contributed by atoms with van der Waals surface area (Å²) in [4.78, 5) is 34.6. The van der Waals surface area contributed by atoms with E-state index in [1.54, 1.807) is 12.1 Å². The van der Waals surface area contributed by atoms with Crippen LogP contribution in [0.5, 0.6) is 0 Å². The highest BCUT2D eigenvalue weighted by Crippen LogP contribution is 2.31. The van der Waals surface area contributed by atoms with Crippen LogP contribution in [-0.4, -0.2) is 73.2 Å². The Labute approximate surface area is 225 Å². The molecule has 1 fully saturated rings. The number of hydrogen-bond acceptors (Lipinski definition) is 7. The van der Waals surface area contributed by atoms with Crippen LogP contribution in [0.3, 0.4) is 0 Å². The lowest BCUT2D eigenvalue weighted by Crippen LogP contribution is -2.55.